The van der Waals surface area contributed by atoms with E-state index in [0.717, 1.165) is 22.3 Å². The molecule has 33 heavy (non-hydrogen) atoms. The fourth-order valence-electron chi connectivity index (χ4n) is 4.76. The Morgan fingerprint density at radius 2 is 1.70 bits per heavy atom. The van der Waals surface area contributed by atoms with Crippen LogP contribution in [0, 0.1) is 0 Å². The number of ether oxygens (including phenoxy) is 1. The van der Waals surface area contributed by atoms with E-state index < -0.39 is 36.2 Å². The predicted octanol–water partition coefficient (Wildman–Crippen LogP) is 2.74. The first-order valence-corrected chi connectivity index (χ1v) is 11.2. The minimum Gasteiger partial charge on any atom is -0.480 e. The van der Waals surface area contributed by atoms with E-state index in [0.29, 0.717) is 6.42 Å². The number of fused-ring (bicyclic) bond motifs is 3. The Labute approximate surface area is 192 Å². The molecule has 0 unspecified atom stereocenters. The Morgan fingerprint density at radius 1 is 1.09 bits per heavy atom. The van der Waals surface area contributed by atoms with Crippen LogP contribution in [0.3, 0.4) is 0 Å². The van der Waals surface area contributed by atoms with Gasteiger partial charge in [-0.3, -0.25) is 4.79 Å². The zero-order chi connectivity index (χ0) is 23.5. The van der Waals surface area contributed by atoms with Crippen molar-refractivity contribution in [2.24, 2.45) is 0 Å². The highest BCUT2D eigenvalue weighted by atomic mass is 16.5. The summed E-state index contributed by atoms with van der Waals surface area (Å²) in [6, 6.07) is 14.6. The Hall–Kier alpha value is -3.39. The summed E-state index contributed by atoms with van der Waals surface area (Å²) in [7, 11) is 0. The Bertz CT molecular complexity index is 1010. The van der Waals surface area contributed by atoms with Gasteiger partial charge in [0.25, 0.3) is 0 Å². The van der Waals surface area contributed by atoms with Gasteiger partial charge in [-0.25, -0.2) is 9.59 Å². The third kappa shape index (κ3) is 4.71. The second-order valence-corrected chi connectivity index (χ2v) is 8.57. The molecule has 3 N–H and O–H groups in total. The van der Waals surface area contributed by atoms with E-state index in [1.165, 1.54) is 4.90 Å². The number of alkyl carbamates (subject to hydrolysis) is 1. The van der Waals surface area contributed by atoms with Crippen LogP contribution in [0.4, 0.5) is 4.79 Å². The van der Waals surface area contributed by atoms with Crippen LogP contribution in [-0.2, 0) is 14.3 Å². The van der Waals surface area contributed by atoms with Gasteiger partial charge in [-0.15, -0.1) is 0 Å². The van der Waals surface area contributed by atoms with Crippen molar-refractivity contribution in [3.05, 3.63) is 59.7 Å². The van der Waals surface area contributed by atoms with Gasteiger partial charge in [0.2, 0.25) is 5.91 Å². The molecule has 2 aliphatic rings. The minimum absolute atomic E-state index is 0.0116. The van der Waals surface area contributed by atoms with Crippen LogP contribution < -0.4 is 5.32 Å². The van der Waals surface area contributed by atoms with E-state index >= 15 is 0 Å². The lowest BCUT2D eigenvalue weighted by Crippen LogP contribution is -2.44. The number of carbonyl (C=O) groups is 3. The molecule has 0 aromatic heterocycles. The first-order chi connectivity index (χ1) is 15.9. The molecule has 4 rings (SSSR count). The van der Waals surface area contributed by atoms with Crippen molar-refractivity contribution < 1.29 is 29.3 Å². The number of aliphatic hydroxyl groups is 1. The van der Waals surface area contributed by atoms with Gasteiger partial charge < -0.3 is 25.2 Å². The first-order valence-electron chi connectivity index (χ1n) is 11.2. The van der Waals surface area contributed by atoms with Gasteiger partial charge in [-0.2, -0.15) is 0 Å². The number of rotatable bonds is 7. The predicted molar refractivity (Wildman–Crippen MR) is 121 cm³/mol. The number of nitrogens with one attached hydrogen (secondary N) is 1. The Morgan fingerprint density at radius 3 is 2.27 bits per heavy atom. The largest absolute Gasteiger partial charge is 0.480 e. The number of carboxylic acids is 1. The van der Waals surface area contributed by atoms with Crippen LogP contribution in [0.5, 0.6) is 0 Å². The smallest absolute Gasteiger partial charge is 0.407 e. The van der Waals surface area contributed by atoms with Crippen LogP contribution >= 0.6 is 0 Å². The zero-order valence-corrected chi connectivity index (χ0v) is 18.4. The van der Waals surface area contributed by atoms with E-state index in [1.54, 1.807) is 0 Å². The van der Waals surface area contributed by atoms with Gasteiger partial charge in [0.05, 0.1) is 6.10 Å². The molecular weight excluding hydrogens is 424 g/mol. The fraction of sp³-hybridized carbons (Fsp3) is 0.400. The van der Waals surface area contributed by atoms with Gasteiger partial charge in [-0.1, -0.05) is 55.5 Å². The summed E-state index contributed by atoms with van der Waals surface area (Å²) in [5.41, 5.74) is 4.50. The molecule has 1 aliphatic carbocycles. The molecule has 1 heterocycles. The molecule has 2 aromatic carbocycles. The Kier molecular flexibility index (Phi) is 6.65. The second-order valence-electron chi connectivity index (χ2n) is 8.57. The molecule has 174 valence electrons. The number of amides is 2. The number of aliphatic carboxylic acids is 1. The number of hydrogen-bond acceptors (Lipinski definition) is 5. The zero-order valence-electron chi connectivity index (χ0n) is 18.4. The van der Waals surface area contributed by atoms with Crippen molar-refractivity contribution in [3.8, 4) is 11.1 Å². The van der Waals surface area contributed by atoms with Gasteiger partial charge >= 0.3 is 12.1 Å². The van der Waals surface area contributed by atoms with Gasteiger partial charge in [0, 0.05) is 31.3 Å². The maximum atomic E-state index is 12.7. The van der Waals surface area contributed by atoms with E-state index in [9.17, 15) is 24.6 Å². The maximum absolute atomic E-state index is 12.7. The topological polar surface area (TPSA) is 116 Å². The average molecular weight is 453 g/mol. The van der Waals surface area contributed by atoms with E-state index in [4.69, 9.17) is 4.74 Å². The molecule has 1 aliphatic heterocycles. The second kappa shape index (κ2) is 9.62. The Balaban J connectivity index is 1.36. The molecule has 0 spiro atoms. The SMILES string of the molecule is CC[C@@H](CC(=O)N1C[C@H](O)C[C@H]1C(=O)O)NC(=O)OCC1c2ccccc2-c2ccccc21. The molecule has 0 bridgehead atoms. The van der Waals surface area contributed by atoms with Crippen molar-refractivity contribution in [2.45, 2.75) is 50.3 Å². The van der Waals surface area contributed by atoms with Gasteiger partial charge in [0.15, 0.2) is 0 Å². The number of likely N-dealkylation sites (tertiary alicyclic amines) is 1. The molecule has 0 saturated carbocycles. The first kappa shape index (κ1) is 22.8. The van der Waals surface area contributed by atoms with Crippen LogP contribution in [0.2, 0.25) is 0 Å². The summed E-state index contributed by atoms with van der Waals surface area (Å²) in [6.45, 7) is 1.98. The van der Waals surface area contributed by atoms with E-state index in [2.05, 4.69) is 17.4 Å². The minimum atomic E-state index is -1.14. The van der Waals surface area contributed by atoms with Crippen LogP contribution in [-0.4, -0.2) is 64.4 Å². The summed E-state index contributed by atoms with van der Waals surface area (Å²) in [4.78, 5) is 37.7. The molecule has 3 atom stereocenters. The van der Waals surface area contributed by atoms with Crippen molar-refractivity contribution in [3.63, 3.8) is 0 Å². The lowest BCUT2D eigenvalue weighted by molar-refractivity contribution is -0.148. The summed E-state index contributed by atoms with van der Waals surface area (Å²) >= 11 is 0. The molecular formula is C25H28N2O6. The van der Waals surface area contributed by atoms with Crippen LogP contribution in [0.25, 0.3) is 11.1 Å². The highest BCUT2D eigenvalue weighted by molar-refractivity contribution is 5.85. The van der Waals surface area contributed by atoms with Crippen molar-refractivity contribution in [1.82, 2.24) is 10.2 Å². The number of β-amino-alcohol motifs (C(OH)–C–C–N with tert-alkyl or cyclic N) is 1. The molecule has 8 heteroatoms. The molecule has 2 aromatic rings. The number of hydrogen-bond donors (Lipinski definition) is 3. The third-order valence-corrected chi connectivity index (χ3v) is 6.46. The molecule has 8 nitrogen and oxygen atoms in total. The van der Waals surface area contributed by atoms with E-state index in [-0.39, 0.29) is 31.9 Å². The number of benzene rings is 2. The standard InChI is InChI=1S/C25H28N2O6/c1-2-15(11-23(29)27-13-16(28)12-22(27)24(30)31)26-25(32)33-14-21-19-9-5-3-7-17(19)18-8-4-6-10-20(18)21/h3-10,15-16,21-22,28H,2,11-14H2,1H3,(H,26,32)(H,30,31)/t15-,16+,22-/m0/s1. The van der Waals surface area contributed by atoms with Gasteiger partial charge in [-0.05, 0) is 28.7 Å². The fourth-order valence-corrected chi connectivity index (χ4v) is 4.76. The number of nitrogens with zero attached hydrogens (tertiary/aromatic N) is 1. The van der Waals surface area contributed by atoms with E-state index in [1.807, 2.05) is 43.3 Å². The third-order valence-electron chi connectivity index (χ3n) is 6.46. The number of carboxylic acid groups (broad SMARTS) is 1. The molecule has 2 amide bonds. The lowest BCUT2D eigenvalue weighted by Gasteiger charge is -2.24. The van der Waals surface area contributed by atoms with Crippen molar-refractivity contribution >= 4 is 18.0 Å². The number of carbonyl (C=O) groups excluding carboxylic acids is 2. The van der Waals surface area contributed by atoms with Crippen molar-refractivity contribution in [2.75, 3.05) is 13.2 Å². The molecule has 0 radical (unpaired) electrons. The lowest BCUT2D eigenvalue weighted by atomic mass is 9.98. The highest BCUT2D eigenvalue weighted by Crippen LogP contribution is 2.44. The average Bonchev–Trinajstić information content (AvgIpc) is 3.35. The number of aliphatic hydroxyl groups excluding tert-OH is 1. The molecule has 1 fully saturated rings. The summed E-state index contributed by atoms with van der Waals surface area (Å²) in [6.07, 6.45) is -1.04. The summed E-state index contributed by atoms with van der Waals surface area (Å²) in [5.74, 6) is -1.62. The quantitative estimate of drug-likeness (QED) is 0.595. The summed E-state index contributed by atoms with van der Waals surface area (Å²) < 4.78 is 5.55. The van der Waals surface area contributed by atoms with Crippen molar-refractivity contribution in [1.29, 1.82) is 0 Å². The normalized spacial score (nSPS) is 20.1. The van der Waals surface area contributed by atoms with Crippen LogP contribution in [0.1, 0.15) is 43.2 Å². The maximum Gasteiger partial charge on any atom is 0.407 e. The highest BCUT2D eigenvalue weighted by Gasteiger charge is 2.39. The monoisotopic (exact) mass is 452 g/mol. The molecule has 1 saturated heterocycles. The van der Waals surface area contributed by atoms with Gasteiger partial charge in [0.1, 0.15) is 12.6 Å². The van der Waals surface area contributed by atoms with Crippen LogP contribution in [0.15, 0.2) is 48.5 Å². The summed E-state index contributed by atoms with van der Waals surface area (Å²) in [5, 5.41) is 21.8.